The minimum atomic E-state index is -1.01. The van der Waals surface area contributed by atoms with Crippen LogP contribution in [0, 0.1) is 13.8 Å². The van der Waals surface area contributed by atoms with E-state index in [0.29, 0.717) is 17.6 Å². The molecular formula is C34H41N7O4. The van der Waals surface area contributed by atoms with Crippen molar-refractivity contribution in [3.05, 3.63) is 83.4 Å². The van der Waals surface area contributed by atoms with Crippen molar-refractivity contribution in [3.8, 4) is 0 Å². The van der Waals surface area contributed by atoms with Gasteiger partial charge in [-0.25, -0.2) is 29.5 Å². The lowest BCUT2D eigenvalue weighted by Crippen LogP contribution is -2.48. The number of piperidine rings is 1. The summed E-state index contributed by atoms with van der Waals surface area (Å²) in [5.41, 5.74) is 2.82. The van der Waals surface area contributed by atoms with Gasteiger partial charge in [-0.2, -0.15) is 0 Å². The Bertz CT molecular complexity index is 1630. The number of anilines is 2. The van der Waals surface area contributed by atoms with Crippen LogP contribution in [-0.4, -0.2) is 63.3 Å². The van der Waals surface area contributed by atoms with Crippen LogP contribution in [0.5, 0.6) is 0 Å². The summed E-state index contributed by atoms with van der Waals surface area (Å²) in [6.07, 6.45) is 2.93. The summed E-state index contributed by atoms with van der Waals surface area (Å²) < 4.78 is 11.0. The van der Waals surface area contributed by atoms with Crippen molar-refractivity contribution < 1.29 is 19.1 Å². The van der Waals surface area contributed by atoms with Crippen molar-refractivity contribution in [2.75, 3.05) is 29.9 Å². The normalized spacial score (nSPS) is 14.6. The summed E-state index contributed by atoms with van der Waals surface area (Å²) in [7, 11) is 0. The van der Waals surface area contributed by atoms with Gasteiger partial charge in [0, 0.05) is 48.4 Å². The second kappa shape index (κ2) is 13.9. The Hall–Kier alpha value is -4.80. The molecule has 0 unspecified atom stereocenters. The highest BCUT2D eigenvalue weighted by molar-refractivity contribution is 5.82. The number of alkyl carbamates (subject to hydrolysis) is 1. The predicted molar refractivity (Wildman–Crippen MR) is 173 cm³/mol. The van der Waals surface area contributed by atoms with E-state index in [1.54, 1.807) is 27.0 Å². The first-order valence-electron chi connectivity index (χ1n) is 15.3. The zero-order valence-electron chi connectivity index (χ0n) is 26.5. The molecule has 0 aliphatic carbocycles. The van der Waals surface area contributed by atoms with Gasteiger partial charge in [0.1, 0.15) is 35.7 Å². The van der Waals surface area contributed by atoms with Gasteiger partial charge in [-0.3, -0.25) is 0 Å². The molecule has 236 valence electrons. The Morgan fingerprint density at radius 2 is 1.73 bits per heavy atom. The first kappa shape index (κ1) is 31.6. The maximum absolute atomic E-state index is 13.1. The van der Waals surface area contributed by atoms with Gasteiger partial charge in [-0.15, -0.1) is 0 Å². The van der Waals surface area contributed by atoms with Crippen LogP contribution in [0.15, 0.2) is 60.8 Å². The van der Waals surface area contributed by atoms with Gasteiger partial charge >= 0.3 is 12.1 Å². The van der Waals surface area contributed by atoms with Crippen LogP contribution < -0.4 is 15.5 Å². The molecule has 0 radical (unpaired) electrons. The molecule has 1 saturated heterocycles. The number of esters is 1. The smallest absolute Gasteiger partial charge is 0.408 e. The second-order valence-corrected chi connectivity index (χ2v) is 12.3. The summed E-state index contributed by atoms with van der Waals surface area (Å²) in [4.78, 5) is 46.7. The number of carbonyl (C=O) groups excluding carboxylic acids is 2. The van der Waals surface area contributed by atoms with E-state index in [2.05, 4.69) is 37.6 Å². The van der Waals surface area contributed by atoms with Gasteiger partial charge in [-0.1, -0.05) is 30.3 Å². The Balaban J connectivity index is 1.24. The predicted octanol–water partition coefficient (Wildman–Crippen LogP) is 5.47. The molecule has 2 N–H and O–H groups in total. The van der Waals surface area contributed by atoms with E-state index in [0.717, 1.165) is 59.6 Å². The quantitative estimate of drug-likeness (QED) is 0.235. The van der Waals surface area contributed by atoms with E-state index in [1.807, 2.05) is 56.3 Å². The highest BCUT2D eigenvalue weighted by Crippen LogP contribution is 2.32. The number of fused-ring (bicyclic) bond motifs is 1. The third-order valence-corrected chi connectivity index (χ3v) is 7.60. The van der Waals surface area contributed by atoms with Gasteiger partial charge in [0.2, 0.25) is 0 Å². The number of hydrogen-bond acceptors (Lipinski definition) is 10. The standard InChI is InChI=1S/C34H41N7O4/c1-22-29(36-20-28(32(42)45-34(3,4)5)40-33(43)44-21-24-10-7-6-8-11-24)37-23(2)38-31(22)41-18-15-25(16-19-41)27-14-13-26-12-9-17-35-30(26)39-27/h6-14,17,25,28H,15-16,18-21H2,1-5H3,(H,40,43)(H,36,37,38)/t28-/m0/s1. The van der Waals surface area contributed by atoms with Crippen LogP contribution in [0.25, 0.3) is 11.0 Å². The summed E-state index contributed by atoms with van der Waals surface area (Å²) in [6.45, 7) is 10.9. The number of benzene rings is 1. The number of amides is 1. The van der Waals surface area contributed by atoms with Gasteiger partial charge in [0.25, 0.3) is 0 Å². The Morgan fingerprint density at radius 1 is 0.978 bits per heavy atom. The fourth-order valence-electron chi connectivity index (χ4n) is 5.35. The fraction of sp³-hybridized carbons (Fsp3) is 0.412. The molecule has 1 aliphatic rings. The molecule has 1 aromatic carbocycles. The third kappa shape index (κ3) is 8.43. The van der Waals surface area contributed by atoms with Gasteiger partial charge in [0.05, 0.1) is 0 Å². The molecule has 45 heavy (non-hydrogen) atoms. The number of aryl methyl sites for hydroxylation is 1. The van der Waals surface area contributed by atoms with Crippen molar-refractivity contribution in [1.82, 2.24) is 25.3 Å². The Kier molecular flexibility index (Phi) is 9.75. The molecule has 1 amide bonds. The van der Waals surface area contributed by atoms with Crippen LogP contribution in [0.4, 0.5) is 16.4 Å². The number of nitrogens with one attached hydrogen (secondary N) is 2. The molecule has 0 spiro atoms. The molecule has 1 fully saturated rings. The van der Waals surface area contributed by atoms with Crippen LogP contribution in [0.2, 0.25) is 0 Å². The van der Waals surface area contributed by atoms with Gasteiger partial charge in [0.15, 0.2) is 5.65 Å². The highest BCUT2D eigenvalue weighted by Gasteiger charge is 2.29. The van der Waals surface area contributed by atoms with Gasteiger partial charge in [-0.05, 0) is 77.3 Å². The second-order valence-electron chi connectivity index (χ2n) is 12.3. The summed E-state index contributed by atoms with van der Waals surface area (Å²) in [5, 5.41) is 6.97. The van der Waals surface area contributed by atoms with E-state index in [4.69, 9.17) is 19.4 Å². The van der Waals surface area contributed by atoms with Crippen molar-refractivity contribution in [2.24, 2.45) is 0 Å². The van der Waals surface area contributed by atoms with E-state index < -0.39 is 23.7 Å². The van der Waals surface area contributed by atoms with Crippen molar-refractivity contribution in [3.63, 3.8) is 0 Å². The largest absolute Gasteiger partial charge is 0.458 e. The molecule has 5 rings (SSSR count). The minimum absolute atomic E-state index is 0.0514. The topological polar surface area (TPSA) is 131 Å². The number of hydrogen-bond donors (Lipinski definition) is 2. The molecule has 11 heteroatoms. The van der Waals surface area contributed by atoms with Crippen LogP contribution in [0.3, 0.4) is 0 Å². The number of aromatic nitrogens is 4. The Labute approximate surface area is 263 Å². The lowest BCUT2D eigenvalue weighted by molar-refractivity contribution is -0.156. The zero-order chi connectivity index (χ0) is 32.0. The SMILES string of the molecule is Cc1nc(NC[C@H](NC(=O)OCc2ccccc2)C(=O)OC(C)(C)C)c(C)c(N2CCC(c3ccc4cccnc4n3)CC2)n1. The van der Waals surface area contributed by atoms with Crippen molar-refractivity contribution >= 4 is 34.7 Å². The number of rotatable bonds is 9. The molecule has 4 aromatic rings. The van der Waals surface area contributed by atoms with Crippen molar-refractivity contribution in [2.45, 2.75) is 71.6 Å². The first-order valence-corrected chi connectivity index (χ1v) is 15.3. The third-order valence-electron chi connectivity index (χ3n) is 7.60. The monoisotopic (exact) mass is 611 g/mol. The maximum Gasteiger partial charge on any atom is 0.408 e. The van der Waals surface area contributed by atoms with E-state index >= 15 is 0 Å². The number of carbonyl (C=O) groups is 2. The average molecular weight is 612 g/mol. The van der Waals surface area contributed by atoms with Crippen molar-refractivity contribution in [1.29, 1.82) is 0 Å². The molecule has 0 saturated carbocycles. The highest BCUT2D eigenvalue weighted by atomic mass is 16.6. The molecule has 11 nitrogen and oxygen atoms in total. The van der Waals surface area contributed by atoms with Crippen LogP contribution in [-0.2, 0) is 20.9 Å². The molecule has 4 heterocycles. The van der Waals surface area contributed by atoms with Crippen LogP contribution >= 0.6 is 0 Å². The molecule has 3 aromatic heterocycles. The number of pyridine rings is 2. The zero-order valence-corrected chi connectivity index (χ0v) is 26.5. The van der Waals surface area contributed by atoms with Crippen LogP contribution in [0.1, 0.15) is 62.2 Å². The Morgan fingerprint density at radius 3 is 2.47 bits per heavy atom. The summed E-state index contributed by atoms with van der Waals surface area (Å²) >= 11 is 0. The number of nitrogens with zero attached hydrogens (tertiary/aromatic N) is 5. The molecule has 1 aliphatic heterocycles. The molecule has 1 atom stereocenters. The fourth-order valence-corrected chi connectivity index (χ4v) is 5.35. The summed E-state index contributed by atoms with van der Waals surface area (Å²) in [5.74, 6) is 1.81. The lowest BCUT2D eigenvalue weighted by atomic mass is 9.92. The minimum Gasteiger partial charge on any atom is -0.458 e. The molecular weight excluding hydrogens is 570 g/mol. The number of ether oxygens (including phenoxy) is 2. The summed E-state index contributed by atoms with van der Waals surface area (Å²) in [6, 6.07) is 16.5. The van der Waals surface area contributed by atoms with E-state index in [-0.39, 0.29) is 13.2 Å². The molecule has 0 bridgehead atoms. The van der Waals surface area contributed by atoms with Gasteiger partial charge < -0.3 is 25.0 Å². The maximum atomic E-state index is 13.1. The lowest BCUT2D eigenvalue weighted by Gasteiger charge is -2.34. The average Bonchev–Trinajstić information content (AvgIpc) is 3.02. The van der Waals surface area contributed by atoms with E-state index in [1.165, 1.54) is 0 Å². The van der Waals surface area contributed by atoms with E-state index in [9.17, 15) is 9.59 Å². The first-order chi connectivity index (χ1) is 21.6.